The number of nitrogens with zero attached hydrogens (tertiary/aromatic N) is 6. The zero-order valence-electron chi connectivity index (χ0n) is 10.8. The van der Waals surface area contributed by atoms with E-state index in [1.807, 2.05) is 36.4 Å². The van der Waals surface area contributed by atoms with Gasteiger partial charge in [-0.25, -0.2) is 4.98 Å². The first-order chi connectivity index (χ1) is 10.3. The molecule has 0 spiro atoms. The van der Waals surface area contributed by atoms with Gasteiger partial charge in [0, 0.05) is 0 Å². The van der Waals surface area contributed by atoms with Gasteiger partial charge in [-0.2, -0.15) is 4.98 Å². The summed E-state index contributed by atoms with van der Waals surface area (Å²) in [6.07, 6.45) is 1.45. The summed E-state index contributed by atoms with van der Waals surface area (Å²) in [6, 6.07) is 14.6. The van der Waals surface area contributed by atoms with Crippen LogP contribution in [0.1, 0.15) is 0 Å². The Morgan fingerprint density at radius 3 is 2.00 bits per heavy atom. The molecule has 7 nitrogen and oxygen atoms in total. The van der Waals surface area contributed by atoms with Crippen LogP contribution in [0.25, 0.3) is 22.1 Å². The lowest BCUT2D eigenvalue weighted by Gasteiger charge is -1.92. The van der Waals surface area contributed by atoms with Crippen LogP contribution in [0, 0.1) is 0 Å². The number of hydrogen-bond acceptors (Lipinski definition) is 7. The van der Waals surface area contributed by atoms with Crippen molar-refractivity contribution < 1.29 is 5.11 Å². The van der Waals surface area contributed by atoms with E-state index in [0.717, 1.165) is 11.0 Å². The fraction of sp³-hybridized carbons (Fsp3) is 0. The third-order valence-electron chi connectivity index (χ3n) is 2.65. The first-order valence-corrected chi connectivity index (χ1v) is 6.14. The molecule has 2 heterocycles. The Morgan fingerprint density at radius 1 is 0.667 bits per heavy atom. The van der Waals surface area contributed by atoms with Crippen molar-refractivity contribution in [3.8, 4) is 6.01 Å². The fourth-order valence-corrected chi connectivity index (χ4v) is 1.71. The van der Waals surface area contributed by atoms with Gasteiger partial charge in [-0.05, 0) is 24.3 Å². The van der Waals surface area contributed by atoms with Crippen molar-refractivity contribution >= 4 is 22.1 Å². The zero-order valence-corrected chi connectivity index (χ0v) is 10.8. The Kier molecular flexibility index (Phi) is 3.55. The predicted octanol–water partition coefficient (Wildman–Crippen LogP) is 1.76. The van der Waals surface area contributed by atoms with E-state index in [0.29, 0.717) is 11.0 Å². The largest absolute Gasteiger partial charge is 0.478 e. The van der Waals surface area contributed by atoms with E-state index < -0.39 is 0 Å². The lowest BCUT2D eigenvalue weighted by atomic mass is 10.3. The summed E-state index contributed by atoms with van der Waals surface area (Å²) in [5.41, 5.74) is 3.06. The second-order valence-electron chi connectivity index (χ2n) is 4.05. The van der Waals surface area contributed by atoms with Gasteiger partial charge in [-0.1, -0.05) is 29.4 Å². The molecule has 0 aliphatic rings. The monoisotopic (exact) mass is 278 g/mol. The molecule has 7 heteroatoms. The van der Waals surface area contributed by atoms with Gasteiger partial charge in [0.25, 0.3) is 0 Å². The number of aromatic nitrogens is 6. The van der Waals surface area contributed by atoms with Crippen molar-refractivity contribution in [2.24, 2.45) is 0 Å². The average molecular weight is 278 g/mol. The van der Waals surface area contributed by atoms with Gasteiger partial charge in [-0.15, -0.1) is 15.3 Å². The predicted molar refractivity (Wildman–Crippen MR) is 76.3 cm³/mol. The summed E-state index contributed by atoms with van der Waals surface area (Å²) in [6.45, 7) is 0. The Labute approximate surface area is 119 Å². The first kappa shape index (κ1) is 12.8. The lowest BCUT2D eigenvalue weighted by Crippen LogP contribution is -1.87. The maximum Gasteiger partial charge on any atom is 0.333 e. The topological polar surface area (TPSA) is 97.6 Å². The van der Waals surface area contributed by atoms with Crippen LogP contribution in [0.4, 0.5) is 0 Å². The molecular formula is C14H10N6O. The van der Waals surface area contributed by atoms with Crippen LogP contribution in [0.3, 0.4) is 0 Å². The first-order valence-electron chi connectivity index (χ1n) is 6.14. The van der Waals surface area contributed by atoms with Crippen molar-refractivity contribution in [2.75, 3.05) is 0 Å². The van der Waals surface area contributed by atoms with Crippen molar-refractivity contribution in [1.29, 1.82) is 0 Å². The minimum absolute atomic E-state index is 0.288. The van der Waals surface area contributed by atoms with Crippen LogP contribution in [0.2, 0.25) is 0 Å². The molecule has 0 saturated carbocycles. The van der Waals surface area contributed by atoms with E-state index in [1.54, 1.807) is 12.1 Å². The van der Waals surface area contributed by atoms with Gasteiger partial charge in [-0.3, -0.25) is 0 Å². The number of rotatable bonds is 0. The van der Waals surface area contributed by atoms with Gasteiger partial charge in [0.05, 0.1) is 11.0 Å². The standard InChI is InChI=1S/C7H5N3O.C7H5N3/c11-7-8-5-3-1-2-4-6(5)9-10-7;1-2-4-7-6(3-1)8-5-9-10-7/h1-4H,(H,8,10,11);1-5H. The van der Waals surface area contributed by atoms with Gasteiger partial charge >= 0.3 is 6.01 Å². The molecule has 1 N–H and O–H groups in total. The van der Waals surface area contributed by atoms with E-state index in [-0.39, 0.29) is 6.01 Å². The molecule has 0 aliphatic carbocycles. The third-order valence-corrected chi connectivity index (χ3v) is 2.65. The van der Waals surface area contributed by atoms with E-state index in [4.69, 9.17) is 5.11 Å². The fourth-order valence-electron chi connectivity index (χ4n) is 1.71. The zero-order chi connectivity index (χ0) is 14.5. The number of para-hydroxylation sites is 2. The van der Waals surface area contributed by atoms with Crippen LogP contribution in [0.5, 0.6) is 6.01 Å². The lowest BCUT2D eigenvalue weighted by molar-refractivity contribution is 0.425. The molecule has 2 aromatic carbocycles. The summed E-state index contributed by atoms with van der Waals surface area (Å²) in [5.74, 6) is 0. The van der Waals surface area contributed by atoms with Crippen LogP contribution in [-0.4, -0.2) is 35.5 Å². The third kappa shape index (κ3) is 3.03. The quantitative estimate of drug-likeness (QED) is 0.523. The molecule has 0 unspecified atom stereocenters. The Hall–Kier alpha value is -3.22. The number of hydrogen-bond donors (Lipinski definition) is 1. The van der Waals surface area contributed by atoms with Crippen molar-refractivity contribution in [3.63, 3.8) is 0 Å². The molecule has 0 amide bonds. The molecule has 0 saturated heterocycles. The van der Waals surface area contributed by atoms with Crippen LogP contribution in [-0.2, 0) is 0 Å². The van der Waals surface area contributed by atoms with Crippen LogP contribution >= 0.6 is 0 Å². The molecular weight excluding hydrogens is 268 g/mol. The summed E-state index contributed by atoms with van der Waals surface area (Å²) in [4.78, 5) is 7.77. The summed E-state index contributed by atoms with van der Waals surface area (Å²) in [5, 5.41) is 23.5. The van der Waals surface area contributed by atoms with E-state index in [1.165, 1.54) is 6.33 Å². The highest BCUT2D eigenvalue weighted by atomic mass is 16.3. The second-order valence-corrected chi connectivity index (χ2v) is 4.05. The number of benzene rings is 2. The van der Waals surface area contributed by atoms with Crippen LogP contribution in [0.15, 0.2) is 54.9 Å². The SMILES string of the molecule is Oc1nnc2ccccc2n1.c1ccc2nncnc2c1. The molecule has 0 bridgehead atoms. The maximum absolute atomic E-state index is 8.85. The highest BCUT2D eigenvalue weighted by Gasteiger charge is 1.96. The normalized spacial score (nSPS) is 10.1. The smallest absolute Gasteiger partial charge is 0.333 e. The summed E-state index contributed by atoms with van der Waals surface area (Å²) >= 11 is 0. The Morgan fingerprint density at radius 2 is 1.29 bits per heavy atom. The highest BCUT2D eigenvalue weighted by Crippen LogP contribution is 2.08. The minimum Gasteiger partial charge on any atom is -0.478 e. The van der Waals surface area contributed by atoms with Gasteiger partial charge in [0.2, 0.25) is 0 Å². The van der Waals surface area contributed by atoms with Gasteiger partial charge in [0.15, 0.2) is 0 Å². The summed E-state index contributed by atoms with van der Waals surface area (Å²) in [7, 11) is 0. The van der Waals surface area contributed by atoms with Gasteiger partial charge < -0.3 is 5.11 Å². The average Bonchev–Trinajstić information content (AvgIpc) is 2.55. The molecule has 0 atom stereocenters. The maximum atomic E-state index is 8.85. The molecule has 21 heavy (non-hydrogen) atoms. The molecule has 0 aliphatic heterocycles. The van der Waals surface area contributed by atoms with E-state index in [9.17, 15) is 0 Å². The molecule has 2 aromatic heterocycles. The second kappa shape index (κ2) is 5.83. The number of fused-ring (bicyclic) bond motifs is 2. The van der Waals surface area contributed by atoms with Crippen molar-refractivity contribution in [1.82, 2.24) is 30.4 Å². The Balaban J connectivity index is 0.000000126. The Bertz CT molecular complexity index is 817. The minimum atomic E-state index is -0.288. The van der Waals surface area contributed by atoms with Crippen molar-refractivity contribution in [3.05, 3.63) is 54.9 Å². The van der Waals surface area contributed by atoms with Crippen molar-refractivity contribution in [2.45, 2.75) is 0 Å². The molecule has 0 radical (unpaired) electrons. The van der Waals surface area contributed by atoms with Crippen LogP contribution < -0.4 is 0 Å². The van der Waals surface area contributed by atoms with Gasteiger partial charge in [0.1, 0.15) is 17.4 Å². The molecule has 0 fully saturated rings. The molecule has 102 valence electrons. The number of aromatic hydroxyl groups is 1. The van der Waals surface area contributed by atoms with E-state index in [2.05, 4.69) is 30.4 Å². The van der Waals surface area contributed by atoms with E-state index >= 15 is 0 Å². The summed E-state index contributed by atoms with van der Waals surface area (Å²) < 4.78 is 0. The molecule has 4 aromatic rings. The highest BCUT2D eigenvalue weighted by molar-refractivity contribution is 5.73. The molecule has 4 rings (SSSR count).